The molecule has 92 valence electrons. The molecule has 1 aromatic rings. The number of H-pyrrole nitrogens is 1. The van der Waals surface area contributed by atoms with Gasteiger partial charge in [0.1, 0.15) is 5.60 Å². The van der Waals surface area contributed by atoms with Crippen molar-refractivity contribution in [1.82, 2.24) is 15.5 Å². The lowest BCUT2D eigenvalue weighted by Crippen LogP contribution is -2.26. The molecule has 0 saturated heterocycles. The number of hydrogen-bond acceptors (Lipinski definition) is 3. The molecule has 0 atom stereocenters. The smallest absolute Gasteiger partial charge is 0.272 e. The zero-order chi connectivity index (χ0) is 12.0. The number of rotatable bonds is 3. The van der Waals surface area contributed by atoms with E-state index in [1.807, 2.05) is 13.8 Å². The molecule has 5 heteroatoms. The Morgan fingerprint density at radius 2 is 2.35 bits per heavy atom. The van der Waals surface area contributed by atoms with Crippen LogP contribution in [0.4, 0.5) is 0 Å². The van der Waals surface area contributed by atoms with Crippen LogP contribution in [-0.2, 0) is 16.9 Å². The second-order valence-electron chi connectivity index (χ2n) is 5.38. The third-order valence-electron chi connectivity index (χ3n) is 3.51. The Labute approximate surface area is 99.9 Å². The van der Waals surface area contributed by atoms with Gasteiger partial charge in [0.25, 0.3) is 5.91 Å². The molecule has 1 saturated carbocycles. The summed E-state index contributed by atoms with van der Waals surface area (Å²) in [5, 5.41) is 9.97. The van der Waals surface area contributed by atoms with E-state index in [1.165, 1.54) is 12.8 Å². The number of hydrogen-bond donors (Lipinski definition) is 2. The fourth-order valence-corrected chi connectivity index (χ4v) is 2.16. The monoisotopic (exact) mass is 235 g/mol. The summed E-state index contributed by atoms with van der Waals surface area (Å²) in [6, 6.07) is 0. The first-order chi connectivity index (χ1) is 8.08. The highest BCUT2D eigenvalue weighted by molar-refractivity contribution is 5.94. The van der Waals surface area contributed by atoms with Crippen LogP contribution in [0.5, 0.6) is 0 Å². The van der Waals surface area contributed by atoms with Gasteiger partial charge in [0, 0.05) is 12.1 Å². The quantitative estimate of drug-likeness (QED) is 0.830. The van der Waals surface area contributed by atoms with Gasteiger partial charge in [-0.3, -0.25) is 9.89 Å². The van der Waals surface area contributed by atoms with Crippen LogP contribution < -0.4 is 5.32 Å². The van der Waals surface area contributed by atoms with Crippen LogP contribution in [0, 0.1) is 5.92 Å². The van der Waals surface area contributed by atoms with E-state index in [2.05, 4.69) is 15.5 Å². The maximum absolute atomic E-state index is 12.0. The third kappa shape index (κ3) is 1.84. The first kappa shape index (κ1) is 10.8. The Balaban J connectivity index is 1.77. The number of carbonyl (C=O) groups is 1. The van der Waals surface area contributed by atoms with E-state index >= 15 is 0 Å². The molecule has 0 bridgehead atoms. The van der Waals surface area contributed by atoms with Crippen molar-refractivity contribution in [3.8, 4) is 0 Å². The number of nitrogens with one attached hydrogen (secondary N) is 2. The van der Waals surface area contributed by atoms with Crippen LogP contribution >= 0.6 is 0 Å². The molecule has 17 heavy (non-hydrogen) atoms. The molecule has 5 nitrogen and oxygen atoms in total. The average molecular weight is 235 g/mol. The molecule has 2 heterocycles. The molecule has 2 N–H and O–H groups in total. The molecular weight excluding hydrogens is 218 g/mol. The standard InChI is InChI=1S/C12H17N3O2/c1-12(2)10-8(6-17-12)9(14-15-10)11(16)13-5-7-3-4-7/h7H,3-6H2,1-2H3,(H,13,16)(H,14,15). The van der Waals surface area contributed by atoms with Gasteiger partial charge in [-0.15, -0.1) is 0 Å². The third-order valence-corrected chi connectivity index (χ3v) is 3.51. The zero-order valence-corrected chi connectivity index (χ0v) is 10.2. The topological polar surface area (TPSA) is 67.0 Å². The number of aromatic nitrogens is 2. The summed E-state index contributed by atoms with van der Waals surface area (Å²) >= 11 is 0. The lowest BCUT2D eigenvalue weighted by atomic mass is 10.0. The number of amides is 1. The van der Waals surface area contributed by atoms with Crippen LogP contribution in [-0.4, -0.2) is 22.6 Å². The Kier molecular flexibility index (Phi) is 2.26. The highest BCUT2D eigenvalue weighted by Gasteiger charge is 2.37. The van der Waals surface area contributed by atoms with Crippen LogP contribution in [0.2, 0.25) is 0 Å². The zero-order valence-electron chi connectivity index (χ0n) is 10.2. The first-order valence-electron chi connectivity index (χ1n) is 6.08. The Hall–Kier alpha value is -1.36. The lowest BCUT2D eigenvalue weighted by Gasteiger charge is -2.15. The summed E-state index contributed by atoms with van der Waals surface area (Å²) in [5.74, 6) is 0.592. The summed E-state index contributed by atoms with van der Waals surface area (Å²) in [5.41, 5.74) is 1.96. The van der Waals surface area contributed by atoms with Crippen molar-refractivity contribution in [3.05, 3.63) is 17.0 Å². The van der Waals surface area contributed by atoms with Crippen LogP contribution in [0.3, 0.4) is 0 Å². The maximum atomic E-state index is 12.0. The van der Waals surface area contributed by atoms with Gasteiger partial charge in [-0.25, -0.2) is 0 Å². The molecule has 1 amide bonds. The maximum Gasteiger partial charge on any atom is 0.272 e. The van der Waals surface area contributed by atoms with Crippen molar-refractivity contribution in [2.24, 2.45) is 5.92 Å². The number of aromatic amines is 1. The number of nitrogens with zero attached hydrogens (tertiary/aromatic N) is 1. The highest BCUT2D eigenvalue weighted by atomic mass is 16.5. The predicted octanol–water partition coefficient (Wildman–Crippen LogP) is 1.31. The molecule has 0 radical (unpaired) electrons. The van der Waals surface area contributed by atoms with Gasteiger partial charge in [0.05, 0.1) is 12.3 Å². The minimum absolute atomic E-state index is 0.0873. The second-order valence-corrected chi connectivity index (χ2v) is 5.38. The number of fused-ring (bicyclic) bond motifs is 1. The summed E-state index contributed by atoms with van der Waals surface area (Å²) in [6.45, 7) is 5.18. The predicted molar refractivity (Wildman–Crippen MR) is 61.5 cm³/mol. The molecule has 0 aromatic carbocycles. The van der Waals surface area contributed by atoms with E-state index in [0.29, 0.717) is 18.2 Å². The van der Waals surface area contributed by atoms with Gasteiger partial charge < -0.3 is 10.1 Å². The van der Waals surface area contributed by atoms with Gasteiger partial charge in [-0.2, -0.15) is 5.10 Å². The fourth-order valence-electron chi connectivity index (χ4n) is 2.16. The van der Waals surface area contributed by atoms with Gasteiger partial charge in [-0.05, 0) is 32.6 Å². The van der Waals surface area contributed by atoms with Crippen LogP contribution in [0.1, 0.15) is 48.4 Å². The summed E-state index contributed by atoms with van der Waals surface area (Å²) in [7, 11) is 0. The average Bonchev–Trinajstić information content (AvgIpc) is 2.92. The Bertz CT molecular complexity index is 460. The van der Waals surface area contributed by atoms with E-state index in [1.54, 1.807) is 0 Å². The van der Waals surface area contributed by atoms with Crippen molar-refractivity contribution >= 4 is 5.91 Å². The molecule has 2 aliphatic rings. The van der Waals surface area contributed by atoms with Gasteiger partial charge in [0.15, 0.2) is 5.69 Å². The molecule has 1 aliphatic carbocycles. The normalized spacial score (nSPS) is 21.3. The van der Waals surface area contributed by atoms with Crippen molar-refractivity contribution < 1.29 is 9.53 Å². The first-order valence-corrected chi connectivity index (χ1v) is 6.08. The van der Waals surface area contributed by atoms with E-state index in [0.717, 1.165) is 17.8 Å². The Morgan fingerprint density at radius 3 is 3.06 bits per heavy atom. The van der Waals surface area contributed by atoms with E-state index in [-0.39, 0.29) is 11.5 Å². The summed E-state index contributed by atoms with van der Waals surface area (Å²) < 4.78 is 5.63. The molecule has 0 spiro atoms. The molecule has 1 aromatic heterocycles. The van der Waals surface area contributed by atoms with Gasteiger partial charge >= 0.3 is 0 Å². The summed E-state index contributed by atoms with van der Waals surface area (Å²) in [4.78, 5) is 12.0. The van der Waals surface area contributed by atoms with Crippen molar-refractivity contribution in [3.63, 3.8) is 0 Å². The highest BCUT2D eigenvalue weighted by Crippen LogP contribution is 2.35. The van der Waals surface area contributed by atoms with Crippen LogP contribution in [0.15, 0.2) is 0 Å². The van der Waals surface area contributed by atoms with Crippen molar-refractivity contribution in [2.45, 2.75) is 38.9 Å². The minimum Gasteiger partial charge on any atom is -0.364 e. The van der Waals surface area contributed by atoms with Crippen molar-refractivity contribution in [2.75, 3.05) is 6.54 Å². The molecule has 0 unspecified atom stereocenters. The molecule has 3 rings (SSSR count). The SMILES string of the molecule is CC1(C)OCc2c(C(=O)NCC3CC3)n[nH]c21. The van der Waals surface area contributed by atoms with Gasteiger partial charge in [-0.1, -0.05) is 0 Å². The number of carbonyl (C=O) groups excluding carboxylic acids is 1. The minimum atomic E-state index is -0.364. The van der Waals surface area contributed by atoms with E-state index in [9.17, 15) is 4.79 Å². The largest absolute Gasteiger partial charge is 0.364 e. The number of ether oxygens (including phenoxy) is 1. The molecule has 1 aliphatic heterocycles. The van der Waals surface area contributed by atoms with Gasteiger partial charge in [0.2, 0.25) is 0 Å². The van der Waals surface area contributed by atoms with E-state index < -0.39 is 0 Å². The fraction of sp³-hybridized carbons (Fsp3) is 0.667. The molecule has 1 fully saturated rings. The van der Waals surface area contributed by atoms with Crippen LogP contribution in [0.25, 0.3) is 0 Å². The summed E-state index contributed by atoms with van der Waals surface area (Å²) in [6.07, 6.45) is 2.46. The second kappa shape index (κ2) is 3.57. The van der Waals surface area contributed by atoms with Crippen molar-refractivity contribution in [1.29, 1.82) is 0 Å². The Morgan fingerprint density at radius 1 is 1.59 bits per heavy atom. The lowest BCUT2D eigenvalue weighted by molar-refractivity contribution is -0.0114. The molecular formula is C12H17N3O2. The van der Waals surface area contributed by atoms with E-state index in [4.69, 9.17) is 4.74 Å².